The van der Waals surface area contributed by atoms with Crippen molar-refractivity contribution in [3.8, 4) is 0 Å². The van der Waals surface area contributed by atoms with Crippen molar-refractivity contribution in [1.82, 2.24) is 4.98 Å². The number of pyridine rings is 1. The predicted molar refractivity (Wildman–Crippen MR) is 74.9 cm³/mol. The number of rotatable bonds is 4. The highest BCUT2D eigenvalue weighted by molar-refractivity contribution is 5.53. The van der Waals surface area contributed by atoms with Crippen LogP contribution in [0.1, 0.15) is 33.1 Å². The molecule has 0 aromatic carbocycles. The fourth-order valence-electron chi connectivity index (χ4n) is 2.93. The summed E-state index contributed by atoms with van der Waals surface area (Å²) in [5.74, 6) is 1.94. The Morgan fingerprint density at radius 3 is 2.84 bits per heavy atom. The SMILES string of the molecule is CCC1CCC(Nc2cc([N+](=O)[O-])cc(N)n2)C1C. The molecule has 1 aliphatic rings. The number of anilines is 2. The quantitative estimate of drug-likeness (QED) is 0.644. The maximum Gasteiger partial charge on any atom is 0.276 e. The molecular formula is C13H20N4O2. The topological polar surface area (TPSA) is 94.1 Å². The summed E-state index contributed by atoms with van der Waals surface area (Å²) in [5, 5.41) is 14.1. The van der Waals surface area contributed by atoms with Gasteiger partial charge < -0.3 is 11.1 Å². The summed E-state index contributed by atoms with van der Waals surface area (Å²) < 4.78 is 0. The minimum Gasteiger partial charge on any atom is -0.383 e. The van der Waals surface area contributed by atoms with Crippen molar-refractivity contribution in [1.29, 1.82) is 0 Å². The van der Waals surface area contributed by atoms with Gasteiger partial charge >= 0.3 is 0 Å². The monoisotopic (exact) mass is 264 g/mol. The number of nitrogens with one attached hydrogen (secondary N) is 1. The smallest absolute Gasteiger partial charge is 0.276 e. The van der Waals surface area contributed by atoms with E-state index in [0.29, 0.717) is 23.7 Å². The number of nitrogens with zero attached hydrogens (tertiary/aromatic N) is 2. The molecule has 6 heteroatoms. The zero-order chi connectivity index (χ0) is 14.0. The first-order valence-electron chi connectivity index (χ1n) is 6.69. The van der Waals surface area contributed by atoms with Crippen LogP contribution in [0.25, 0.3) is 0 Å². The molecule has 0 saturated heterocycles. The highest BCUT2D eigenvalue weighted by Crippen LogP contribution is 2.35. The number of hydrogen-bond donors (Lipinski definition) is 2. The van der Waals surface area contributed by atoms with Crippen LogP contribution in [0.4, 0.5) is 17.3 Å². The van der Waals surface area contributed by atoms with Gasteiger partial charge in [0.15, 0.2) is 0 Å². The molecule has 0 spiro atoms. The summed E-state index contributed by atoms with van der Waals surface area (Å²) in [5.41, 5.74) is 5.58. The fourth-order valence-corrected chi connectivity index (χ4v) is 2.93. The molecule has 3 atom stereocenters. The van der Waals surface area contributed by atoms with Crippen molar-refractivity contribution in [3.63, 3.8) is 0 Å². The number of nitrogens with two attached hydrogens (primary N) is 1. The van der Waals surface area contributed by atoms with Gasteiger partial charge in [-0.2, -0.15) is 0 Å². The van der Waals surface area contributed by atoms with E-state index in [-0.39, 0.29) is 11.5 Å². The van der Waals surface area contributed by atoms with Gasteiger partial charge in [-0.3, -0.25) is 10.1 Å². The maximum absolute atomic E-state index is 10.8. The van der Waals surface area contributed by atoms with Crippen LogP contribution in [0, 0.1) is 22.0 Å². The first-order valence-corrected chi connectivity index (χ1v) is 6.69. The maximum atomic E-state index is 10.8. The van der Waals surface area contributed by atoms with Crippen LogP contribution in [-0.4, -0.2) is 15.9 Å². The zero-order valence-electron chi connectivity index (χ0n) is 11.3. The predicted octanol–water partition coefficient (Wildman–Crippen LogP) is 2.81. The Kier molecular flexibility index (Phi) is 3.87. The molecule has 3 N–H and O–H groups in total. The van der Waals surface area contributed by atoms with Gasteiger partial charge in [0, 0.05) is 6.04 Å². The van der Waals surface area contributed by atoms with Crippen molar-refractivity contribution >= 4 is 17.3 Å². The Balaban J connectivity index is 2.13. The van der Waals surface area contributed by atoms with Crippen LogP contribution in [0.5, 0.6) is 0 Å². The van der Waals surface area contributed by atoms with Crippen LogP contribution in [0.3, 0.4) is 0 Å². The minimum absolute atomic E-state index is 0.0207. The summed E-state index contributed by atoms with van der Waals surface area (Å²) in [7, 11) is 0. The molecule has 0 radical (unpaired) electrons. The molecular weight excluding hydrogens is 244 g/mol. The lowest BCUT2D eigenvalue weighted by Gasteiger charge is -2.21. The van der Waals surface area contributed by atoms with Crippen molar-refractivity contribution in [2.45, 2.75) is 39.2 Å². The molecule has 1 saturated carbocycles. The van der Waals surface area contributed by atoms with E-state index < -0.39 is 4.92 Å². The third-order valence-corrected chi connectivity index (χ3v) is 4.13. The lowest BCUT2D eigenvalue weighted by atomic mass is 9.93. The zero-order valence-corrected chi connectivity index (χ0v) is 11.3. The minimum atomic E-state index is -0.448. The van der Waals surface area contributed by atoms with E-state index in [1.807, 2.05) is 0 Å². The van der Waals surface area contributed by atoms with Crippen LogP contribution >= 0.6 is 0 Å². The summed E-state index contributed by atoms with van der Waals surface area (Å²) in [6, 6.07) is 3.04. The van der Waals surface area contributed by atoms with Gasteiger partial charge in [0.1, 0.15) is 11.6 Å². The van der Waals surface area contributed by atoms with E-state index in [9.17, 15) is 10.1 Å². The molecule has 3 unspecified atom stereocenters. The first kappa shape index (κ1) is 13.6. The molecule has 104 valence electrons. The second-order valence-electron chi connectivity index (χ2n) is 5.25. The van der Waals surface area contributed by atoms with E-state index in [2.05, 4.69) is 24.1 Å². The summed E-state index contributed by atoms with van der Waals surface area (Å²) in [6.45, 7) is 4.42. The number of aromatic nitrogens is 1. The average Bonchev–Trinajstić information content (AvgIpc) is 2.70. The molecule has 1 aromatic rings. The van der Waals surface area contributed by atoms with Crippen molar-refractivity contribution in [3.05, 3.63) is 22.2 Å². The second kappa shape index (κ2) is 5.42. The van der Waals surface area contributed by atoms with Gasteiger partial charge in [0.25, 0.3) is 5.69 Å². The normalized spacial score (nSPS) is 26.3. The van der Waals surface area contributed by atoms with Crippen LogP contribution < -0.4 is 11.1 Å². The van der Waals surface area contributed by atoms with Crippen molar-refractivity contribution in [2.75, 3.05) is 11.1 Å². The summed E-state index contributed by atoms with van der Waals surface area (Å²) >= 11 is 0. The molecule has 1 fully saturated rings. The Labute approximate surface area is 112 Å². The number of hydrogen-bond acceptors (Lipinski definition) is 5. The molecule has 19 heavy (non-hydrogen) atoms. The fraction of sp³-hybridized carbons (Fsp3) is 0.615. The van der Waals surface area contributed by atoms with Crippen LogP contribution in [-0.2, 0) is 0 Å². The second-order valence-corrected chi connectivity index (χ2v) is 5.25. The number of nitrogen functional groups attached to an aromatic ring is 1. The van der Waals surface area contributed by atoms with Crippen molar-refractivity contribution in [2.24, 2.45) is 11.8 Å². The lowest BCUT2D eigenvalue weighted by molar-refractivity contribution is -0.384. The Morgan fingerprint density at radius 2 is 2.26 bits per heavy atom. The van der Waals surface area contributed by atoms with Crippen LogP contribution in [0.15, 0.2) is 12.1 Å². The molecule has 1 aliphatic carbocycles. The highest BCUT2D eigenvalue weighted by atomic mass is 16.6. The molecule has 0 bridgehead atoms. The standard InChI is InChI=1S/C13H20N4O2/c1-3-9-4-5-11(8(9)2)15-13-7-10(17(18)19)6-12(14)16-13/h6-9,11H,3-5H2,1-2H3,(H3,14,15,16). The largest absolute Gasteiger partial charge is 0.383 e. The van der Waals surface area contributed by atoms with Crippen molar-refractivity contribution < 1.29 is 4.92 Å². The van der Waals surface area contributed by atoms with Gasteiger partial charge in [-0.05, 0) is 24.7 Å². The molecule has 1 aromatic heterocycles. The highest BCUT2D eigenvalue weighted by Gasteiger charge is 2.31. The molecule has 6 nitrogen and oxygen atoms in total. The Morgan fingerprint density at radius 1 is 1.53 bits per heavy atom. The summed E-state index contributed by atoms with van der Waals surface area (Å²) in [4.78, 5) is 14.5. The van der Waals surface area contributed by atoms with E-state index in [1.54, 1.807) is 0 Å². The molecule has 2 rings (SSSR count). The summed E-state index contributed by atoms with van der Waals surface area (Å²) in [6.07, 6.45) is 3.44. The third kappa shape index (κ3) is 2.94. The molecule has 0 amide bonds. The van der Waals surface area contributed by atoms with E-state index >= 15 is 0 Å². The molecule has 0 aliphatic heterocycles. The van der Waals surface area contributed by atoms with Gasteiger partial charge in [-0.15, -0.1) is 0 Å². The third-order valence-electron chi connectivity index (χ3n) is 4.13. The Hall–Kier alpha value is -1.85. The van der Waals surface area contributed by atoms with Crippen LogP contribution in [0.2, 0.25) is 0 Å². The first-order chi connectivity index (χ1) is 9.01. The number of nitro groups is 1. The average molecular weight is 264 g/mol. The van der Waals surface area contributed by atoms with Gasteiger partial charge in [0.05, 0.1) is 17.1 Å². The van der Waals surface area contributed by atoms with E-state index in [1.165, 1.54) is 25.0 Å². The van der Waals surface area contributed by atoms with Gasteiger partial charge in [-0.1, -0.05) is 20.3 Å². The van der Waals surface area contributed by atoms with E-state index in [0.717, 1.165) is 6.42 Å². The van der Waals surface area contributed by atoms with Gasteiger partial charge in [-0.25, -0.2) is 4.98 Å². The van der Waals surface area contributed by atoms with Gasteiger partial charge in [0.2, 0.25) is 0 Å². The Bertz CT molecular complexity index is 478. The molecule has 1 heterocycles. The van der Waals surface area contributed by atoms with E-state index in [4.69, 9.17) is 5.73 Å². The lowest BCUT2D eigenvalue weighted by Crippen LogP contribution is -2.25.